The first-order valence-electron chi connectivity index (χ1n) is 6.97. The largest absolute Gasteiger partial charge is 0.497 e. The monoisotopic (exact) mass is 286 g/mol. The molecule has 0 aromatic heterocycles. The molecule has 0 saturated carbocycles. The second kappa shape index (κ2) is 7.39. The third kappa shape index (κ3) is 3.57. The van der Waals surface area contributed by atoms with E-state index in [-0.39, 0.29) is 0 Å². The summed E-state index contributed by atoms with van der Waals surface area (Å²) in [6.07, 6.45) is 3.30. The number of benzene rings is 2. The highest BCUT2D eigenvalue weighted by atomic mass is 32.2. The van der Waals surface area contributed by atoms with Gasteiger partial charge in [0.2, 0.25) is 0 Å². The standard InChI is InChI=1S/C18H22OS/c1-14(15-8-10-17(19-2)11-9-15)18-7-5-4-6-16(18)12-13-20-3/h4-11,14H,12-13H2,1-3H3. The van der Waals surface area contributed by atoms with Crippen molar-refractivity contribution < 1.29 is 4.74 Å². The fourth-order valence-electron chi connectivity index (χ4n) is 2.47. The zero-order valence-electron chi connectivity index (χ0n) is 12.4. The van der Waals surface area contributed by atoms with Crippen LogP contribution < -0.4 is 4.74 Å². The quantitative estimate of drug-likeness (QED) is 0.757. The molecule has 20 heavy (non-hydrogen) atoms. The van der Waals surface area contributed by atoms with E-state index in [1.54, 1.807) is 7.11 Å². The summed E-state index contributed by atoms with van der Waals surface area (Å²) in [6.45, 7) is 2.28. The highest BCUT2D eigenvalue weighted by Crippen LogP contribution is 2.28. The van der Waals surface area contributed by atoms with E-state index >= 15 is 0 Å². The first-order valence-corrected chi connectivity index (χ1v) is 8.36. The van der Waals surface area contributed by atoms with Crippen molar-refractivity contribution >= 4 is 11.8 Å². The topological polar surface area (TPSA) is 9.23 Å². The SMILES string of the molecule is COc1ccc(C(C)c2ccccc2CCSC)cc1. The maximum atomic E-state index is 5.23. The fraction of sp³-hybridized carbons (Fsp3) is 0.333. The van der Waals surface area contributed by atoms with Gasteiger partial charge in [0.15, 0.2) is 0 Å². The molecule has 0 N–H and O–H groups in total. The van der Waals surface area contributed by atoms with Crippen molar-refractivity contribution in [1.82, 2.24) is 0 Å². The maximum absolute atomic E-state index is 5.23. The molecule has 0 fully saturated rings. The van der Waals surface area contributed by atoms with Crippen LogP contribution in [0.3, 0.4) is 0 Å². The van der Waals surface area contributed by atoms with Crippen LogP contribution in [0.2, 0.25) is 0 Å². The molecule has 0 spiro atoms. The minimum atomic E-state index is 0.416. The van der Waals surface area contributed by atoms with E-state index in [4.69, 9.17) is 4.74 Å². The van der Waals surface area contributed by atoms with E-state index in [1.165, 1.54) is 22.4 Å². The number of ether oxygens (including phenoxy) is 1. The summed E-state index contributed by atoms with van der Waals surface area (Å²) in [4.78, 5) is 0. The summed E-state index contributed by atoms with van der Waals surface area (Å²) in [5.74, 6) is 2.50. The second-order valence-corrected chi connectivity index (χ2v) is 5.92. The third-order valence-corrected chi connectivity index (χ3v) is 4.33. The molecule has 0 aliphatic carbocycles. The third-order valence-electron chi connectivity index (χ3n) is 3.71. The van der Waals surface area contributed by atoms with Gasteiger partial charge in [-0.3, -0.25) is 0 Å². The maximum Gasteiger partial charge on any atom is 0.118 e. The summed E-state index contributed by atoms with van der Waals surface area (Å²) in [5, 5.41) is 0. The molecule has 2 rings (SSSR count). The molecule has 2 aromatic rings. The van der Waals surface area contributed by atoms with Crippen LogP contribution in [0.4, 0.5) is 0 Å². The normalized spacial score (nSPS) is 12.2. The second-order valence-electron chi connectivity index (χ2n) is 4.94. The molecule has 0 saturated heterocycles. The molecular formula is C18H22OS. The molecule has 0 aliphatic rings. The Hall–Kier alpha value is -1.41. The van der Waals surface area contributed by atoms with E-state index < -0.39 is 0 Å². The molecule has 1 atom stereocenters. The van der Waals surface area contributed by atoms with Crippen LogP contribution in [0.1, 0.15) is 29.5 Å². The average Bonchev–Trinajstić information content (AvgIpc) is 2.52. The van der Waals surface area contributed by atoms with Crippen LogP contribution >= 0.6 is 11.8 Å². The van der Waals surface area contributed by atoms with Crippen LogP contribution in [-0.2, 0) is 6.42 Å². The Morgan fingerprint density at radius 1 is 1.05 bits per heavy atom. The lowest BCUT2D eigenvalue weighted by atomic mass is 9.89. The van der Waals surface area contributed by atoms with Gasteiger partial charge in [0.1, 0.15) is 5.75 Å². The van der Waals surface area contributed by atoms with Crippen molar-refractivity contribution in [2.24, 2.45) is 0 Å². The van der Waals surface area contributed by atoms with Gasteiger partial charge in [-0.15, -0.1) is 0 Å². The molecule has 0 bridgehead atoms. The summed E-state index contributed by atoms with van der Waals surface area (Å²) < 4.78 is 5.23. The van der Waals surface area contributed by atoms with E-state index in [2.05, 4.69) is 49.6 Å². The number of hydrogen-bond acceptors (Lipinski definition) is 2. The number of aryl methyl sites for hydroxylation is 1. The summed E-state index contributed by atoms with van der Waals surface area (Å²) in [7, 11) is 1.70. The molecule has 0 radical (unpaired) electrons. The van der Waals surface area contributed by atoms with Crippen molar-refractivity contribution in [3.63, 3.8) is 0 Å². The van der Waals surface area contributed by atoms with Crippen LogP contribution in [0.5, 0.6) is 5.75 Å². The summed E-state index contributed by atoms with van der Waals surface area (Å²) in [5.41, 5.74) is 4.24. The fourth-order valence-corrected chi connectivity index (χ4v) is 2.89. The zero-order chi connectivity index (χ0) is 14.4. The Bertz CT molecular complexity index is 533. The Morgan fingerprint density at radius 2 is 1.75 bits per heavy atom. The van der Waals surface area contributed by atoms with Gasteiger partial charge in [-0.1, -0.05) is 43.3 Å². The van der Waals surface area contributed by atoms with E-state index in [1.807, 2.05) is 23.9 Å². The minimum Gasteiger partial charge on any atom is -0.497 e. The lowest BCUT2D eigenvalue weighted by Crippen LogP contribution is -2.02. The molecule has 106 valence electrons. The van der Waals surface area contributed by atoms with Crippen molar-refractivity contribution in [3.05, 3.63) is 65.2 Å². The highest BCUT2D eigenvalue weighted by molar-refractivity contribution is 7.98. The van der Waals surface area contributed by atoms with E-state index in [9.17, 15) is 0 Å². The average molecular weight is 286 g/mol. The van der Waals surface area contributed by atoms with Crippen molar-refractivity contribution in [2.45, 2.75) is 19.3 Å². The minimum absolute atomic E-state index is 0.416. The van der Waals surface area contributed by atoms with Gasteiger partial charge in [0.25, 0.3) is 0 Å². The van der Waals surface area contributed by atoms with Gasteiger partial charge in [-0.05, 0) is 47.3 Å². The Balaban J connectivity index is 2.24. The first-order chi connectivity index (χ1) is 9.76. The predicted molar refractivity (Wildman–Crippen MR) is 89.0 cm³/mol. The molecule has 1 unspecified atom stereocenters. The molecule has 2 aromatic carbocycles. The van der Waals surface area contributed by atoms with E-state index in [0.717, 1.165) is 12.2 Å². The first kappa shape index (κ1) is 15.0. The van der Waals surface area contributed by atoms with Gasteiger partial charge in [-0.2, -0.15) is 11.8 Å². The molecule has 1 nitrogen and oxygen atoms in total. The summed E-state index contributed by atoms with van der Waals surface area (Å²) >= 11 is 1.90. The van der Waals surface area contributed by atoms with Crippen LogP contribution in [0.15, 0.2) is 48.5 Å². The Morgan fingerprint density at radius 3 is 2.40 bits per heavy atom. The number of methoxy groups -OCH3 is 1. The van der Waals surface area contributed by atoms with E-state index in [0.29, 0.717) is 5.92 Å². The lowest BCUT2D eigenvalue weighted by Gasteiger charge is -2.17. The van der Waals surface area contributed by atoms with Crippen molar-refractivity contribution in [3.8, 4) is 5.75 Å². The van der Waals surface area contributed by atoms with Crippen molar-refractivity contribution in [2.75, 3.05) is 19.1 Å². The highest BCUT2D eigenvalue weighted by Gasteiger charge is 2.12. The van der Waals surface area contributed by atoms with Gasteiger partial charge in [0, 0.05) is 5.92 Å². The molecule has 0 heterocycles. The molecule has 2 heteroatoms. The molecule has 0 aliphatic heterocycles. The number of rotatable bonds is 6. The van der Waals surface area contributed by atoms with Crippen LogP contribution in [0.25, 0.3) is 0 Å². The molecule has 0 amide bonds. The van der Waals surface area contributed by atoms with Crippen molar-refractivity contribution in [1.29, 1.82) is 0 Å². The lowest BCUT2D eigenvalue weighted by molar-refractivity contribution is 0.414. The summed E-state index contributed by atoms with van der Waals surface area (Å²) in [6, 6.07) is 17.2. The Kier molecular flexibility index (Phi) is 5.54. The van der Waals surface area contributed by atoms with Gasteiger partial charge in [-0.25, -0.2) is 0 Å². The van der Waals surface area contributed by atoms with Gasteiger partial charge >= 0.3 is 0 Å². The van der Waals surface area contributed by atoms with Crippen LogP contribution in [0, 0.1) is 0 Å². The Labute approximate surface area is 126 Å². The molecular weight excluding hydrogens is 264 g/mol. The number of thioether (sulfide) groups is 1. The van der Waals surface area contributed by atoms with Crippen LogP contribution in [-0.4, -0.2) is 19.1 Å². The van der Waals surface area contributed by atoms with Gasteiger partial charge in [0.05, 0.1) is 7.11 Å². The van der Waals surface area contributed by atoms with Gasteiger partial charge < -0.3 is 4.74 Å². The number of hydrogen-bond donors (Lipinski definition) is 0. The zero-order valence-corrected chi connectivity index (χ0v) is 13.2. The smallest absolute Gasteiger partial charge is 0.118 e. The predicted octanol–water partition coefficient (Wildman–Crippen LogP) is 4.75.